The Labute approximate surface area is 166 Å². The molecule has 2 atom stereocenters. The summed E-state index contributed by atoms with van der Waals surface area (Å²) < 4.78 is 40.0. The number of halogens is 3. The summed E-state index contributed by atoms with van der Waals surface area (Å²) in [6, 6.07) is 9.74. The molecule has 1 fully saturated rings. The molecule has 0 saturated carbocycles. The lowest BCUT2D eigenvalue weighted by atomic mass is 10.0. The molecule has 4 nitrogen and oxygen atoms in total. The molecule has 2 heterocycles. The summed E-state index contributed by atoms with van der Waals surface area (Å²) in [4.78, 5) is 22.5. The van der Waals surface area contributed by atoms with E-state index in [-0.39, 0.29) is 22.8 Å². The maximum atomic E-state index is 13.3. The fraction of sp³-hybridized carbons (Fsp3) is 0.450. The number of hydrogen-bond donors (Lipinski definition) is 0. The first-order valence-electron chi connectivity index (χ1n) is 9.24. The number of hydrogen-bond acceptors (Lipinski definition) is 4. The maximum Gasteiger partial charge on any atom is 0.433 e. The number of aromatic nitrogens is 2. The quantitative estimate of drug-likeness (QED) is 0.524. The maximum absolute atomic E-state index is 13.3. The highest BCUT2D eigenvalue weighted by Gasteiger charge is 2.35. The molecule has 150 valence electrons. The number of piperidine rings is 1. The minimum atomic E-state index is -4.59. The van der Waals surface area contributed by atoms with Crippen LogP contribution in [0, 0.1) is 0 Å². The normalized spacial score (nSPS) is 18.8. The van der Waals surface area contributed by atoms with E-state index in [9.17, 15) is 18.0 Å². The van der Waals surface area contributed by atoms with E-state index in [1.54, 1.807) is 37.3 Å². The van der Waals surface area contributed by atoms with Gasteiger partial charge in [0.25, 0.3) is 0 Å². The fourth-order valence-electron chi connectivity index (χ4n) is 3.25. The summed E-state index contributed by atoms with van der Waals surface area (Å²) in [5, 5.41) is -0.605. The minimum Gasteiger partial charge on any atom is -0.339 e. The zero-order chi connectivity index (χ0) is 20.3. The lowest BCUT2D eigenvalue weighted by Gasteiger charge is -2.35. The zero-order valence-electron chi connectivity index (χ0n) is 15.7. The molecule has 0 N–H and O–H groups in total. The minimum absolute atomic E-state index is 0.0424. The van der Waals surface area contributed by atoms with E-state index >= 15 is 0 Å². The topological polar surface area (TPSA) is 46.1 Å². The number of likely N-dealkylation sites (tertiary alicyclic amines) is 1. The first-order chi connectivity index (χ1) is 13.3. The van der Waals surface area contributed by atoms with Gasteiger partial charge in [0.1, 0.15) is 5.69 Å². The molecule has 1 aromatic heterocycles. The molecule has 1 aliphatic heterocycles. The van der Waals surface area contributed by atoms with Crippen LogP contribution in [0.5, 0.6) is 0 Å². The average molecular weight is 409 g/mol. The van der Waals surface area contributed by atoms with Crippen LogP contribution in [-0.4, -0.2) is 38.6 Å². The van der Waals surface area contributed by atoms with E-state index < -0.39 is 17.1 Å². The van der Waals surface area contributed by atoms with Crippen LogP contribution in [0.3, 0.4) is 0 Å². The lowest BCUT2D eigenvalue weighted by molar-refractivity contribution is -0.141. The van der Waals surface area contributed by atoms with Gasteiger partial charge in [0.2, 0.25) is 5.91 Å². The van der Waals surface area contributed by atoms with Gasteiger partial charge in [-0.15, -0.1) is 0 Å². The van der Waals surface area contributed by atoms with Gasteiger partial charge in [-0.3, -0.25) is 4.79 Å². The van der Waals surface area contributed by atoms with Crippen molar-refractivity contribution < 1.29 is 18.0 Å². The number of carbonyl (C=O) groups is 1. The Morgan fingerprint density at radius 2 is 1.93 bits per heavy atom. The van der Waals surface area contributed by atoms with Crippen molar-refractivity contribution in [2.45, 2.75) is 55.7 Å². The number of amides is 1. The third-order valence-corrected chi connectivity index (χ3v) is 5.73. The number of carbonyl (C=O) groups excluding carboxylic acids is 1. The molecular weight excluding hydrogens is 387 g/mol. The Morgan fingerprint density at radius 1 is 1.21 bits per heavy atom. The standard InChI is InChI=1S/C20H22F3N3OS/c1-13-8-6-7-11-26(13)18(27)14(2)28-19-24-16(15-9-4-3-5-10-15)12-17(25-19)20(21,22)23/h3-5,9-10,12-14H,6-8,11H2,1-2H3/t13-,14+/m1/s1. The summed E-state index contributed by atoms with van der Waals surface area (Å²) in [7, 11) is 0. The highest BCUT2D eigenvalue weighted by Crippen LogP contribution is 2.33. The molecule has 1 aromatic carbocycles. The monoisotopic (exact) mass is 409 g/mol. The predicted octanol–water partition coefficient (Wildman–Crippen LogP) is 5.04. The molecule has 0 bridgehead atoms. The van der Waals surface area contributed by atoms with Gasteiger partial charge >= 0.3 is 6.18 Å². The SMILES string of the molecule is C[C@H](Sc1nc(-c2ccccc2)cc(C(F)(F)F)n1)C(=O)N1CCCC[C@H]1C. The molecular formula is C20H22F3N3OS. The molecule has 3 rings (SSSR count). The molecule has 0 spiro atoms. The summed E-state index contributed by atoms with van der Waals surface area (Å²) in [6.45, 7) is 4.38. The van der Waals surface area contributed by atoms with E-state index in [2.05, 4.69) is 9.97 Å². The van der Waals surface area contributed by atoms with E-state index in [0.29, 0.717) is 12.1 Å². The van der Waals surface area contributed by atoms with Gasteiger partial charge in [-0.25, -0.2) is 9.97 Å². The number of thioether (sulfide) groups is 1. The van der Waals surface area contributed by atoms with Crippen LogP contribution in [0.4, 0.5) is 13.2 Å². The van der Waals surface area contributed by atoms with Gasteiger partial charge < -0.3 is 4.90 Å². The van der Waals surface area contributed by atoms with Crippen LogP contribution in [0.2, 0.25) is 0 Å². The summed E-state index contributed by atoms with van der Waals surface area (Å²) in [5.41, 5.74) is -0.243. The second-order valence-corrected chi connectivity index (χ2v) is 8.23. The van der Waals surface area contributed by atoms with Crippen molar-refractivity contribution in [3.8, 4) is 11.3 Å². The lowest BCUT2D eigenvalue weighted by Crippen LogP contribution is -2.45. The van der Waals surface area contributed by atoms with Crippen LogP contribution < -0.4 is 0 Å². The first-order valence-corrected chi connectivity index (χ1v) is 10.1. The molecule has 0 aliphatic carbocycles. The number of benzene rings is 1. The van der Waals surface area contributed by atoms with Crippen molar-refractivity contribution in [1.82, 2.24) is 14.9 Å². The highest BCUT2D eigenvalue weighted by atomic mass is 32.2. The Kier molecular flexibility index (Phi) is 6.27. The zero-order valence-corrected chi connectivity index (χ0v) is 16.6. The van der Waals surface area contributed by atoms with Crippen molar-refractivity contribution >= 4 is 17.7 Å². The van der Waals surface area contributed by atoms with Crippen molar-refractivity contribution in [3.63, 3.8) is 0 Å². The van der Waals surface area contributed by atoms with Gasteiger partial charge in [-0.2, -0.15) is 13.2 Å². The molecule has 0 radical (unpaired) electrons. The summed E-state index contributed by atoms with van der Waals surface area (Å²) in [6.07, 6.45) is -1.60. The molecule has 0 unspecified atom stereocenters. The Balaban J connectivity index is 1.87. The predicted molar refractivity (Wildman–Crippen MR) is 103 cm³/mol. The first kappa shape index (κ1) is 20.6. The smallest absolute Gasteiger partial charge is 0.339 e. The van der Waals surface area contributed by atoms with Crippen LogP contribution >= 0.6 is 11.8 Å². The molecule has 1 aliphatic rings. The van der Waals surface area contributed by atoms with E-state index in [1.165, 1.54) is 0 Å². The third-order valence-electron chi connectivity index (χ3n) is 4.78. The van der Waals surface area contributed by atoms with Crippen LogP contribution in [0.25, 0.3) is 11.3 Å². The fourth-order valence-corrected chi connectivity index (χ4v) is 4.10. The van der Waals surface area contributed by atoms with Gasteiger partial charge in [-0.1, -0.05) is 42.1 Å². The Morgan fingerprint density at radius 3 is 2.57 bits per heavy atom. The number of rotatable bonds is 4. The van der Waals surface area contributed by atoms with Gasteiger partial charge in [0, 0.05) is 18.2 Å². The van der Waals surface area contributed by atoms with Crippen LogP contribution in [0.1, 0.15) is 38.8 Å². The van der Waals surface area contributed by atoms with Crippen molar-refractivity contribution in [2.75, 3.05) is 6.54 Å². The van der Waals surface area contributed by atoms with Crippen molar-refractivity contribution in [1.29, 1.82) is 0 Å². The summed E-state index contributed by atoms with van der Waals surface area (Å²) in [5.74, 6) is -0.0838. The molecule has 8 heteroatoms. The second kappa shape index (κ2) is 8.51. The largest absolute Gasteiger partial charge is 0.433 e. The van der Waals surface area contributed by atoms with Crippen LogP contribution in [0.15, 0.2) is 41.6 Å². The van der Waals surface area contributed by atoms with Gasteiger partial charge in [0.15, 0.2) is 5.16 Å². The molecule has 2 aromatic rings. The van der Waals surface area contributed by atoms with Crippen molar-refractivity contribution in [3.05, 3.63) is 42.1 Å². The number of alkyl halides is 3. The Bertz CT molecular complexity index is 829. The summed E-state index contributed by atoms with van der Waals surface area (Å²) >= 11 is 0.973. The Hall–Kier alpha value is -2.09. The highest BCUT2D eigenvalue weighted by molar-refractivity contribution is 8.00. The third kappa shape index (κ3) is 4.84. The van der Waals surface area contributed by atoms with E-state index in [0.717, 1.165) is 37.1 Å². The molecule has 1 amide bonds. The van der Waals surface area contributed by atoms with Gasteiger partial charge in [0.05, 0.1) is 10.9 Å². The van der Waals surface area contributed by atoms with Gasteiger partial charge in [-0.05, 0) is 39.2 Å². The van der Waals surface area contributed by atoms with Crippen molar-refractivity contribution in [2.24, 2.45) is 0 Å². The second-order valence-electron chi connectivity index (χ2n) is 6.92. The molecule has 28 heavy (non-hydrogen) atoms. The van der Waals surface area contributed by atoms with Crippen LogP contribution in [-0.2, 0) is 11.0 Å². The van der Waals surface area contributed by atoms with E-state index in [1.807, 2.05) is 11.8 Å². The molecule has 1 saturated heterocycles. The average Bonchev–Trinajstić information content (AvgIpc) is 2.67. The van der Waals surface area contributed by atoms with E-state index in [4.69, 9.17) is 0 Å². The number of nitrogens with zero attached hydrogens (tertiary/aromatic N) is 3.